The third kappa shape index (κ3) is 5.91. The quantitative estimate of drug-likeness (QED) is 0.309. The van der Waals surface area contributed by atoms with Crippen LogP contribution in [0.15, 0.2) is 54.6 Å². The standard InChI is InChI=1S/C28H26F3N5O2/c1-4-23(31)38-22-7-5-6-21(30)20(22)14-33-28(37)26-27(32)36-24(17-8-10-19(29)11-9-17)25(35-26)18-12-15(2)34-16(3)13-18/h5-13,23H,4,14H2,1-3H3,(H2,32,36)(H,33,37). The Morgan fingerprint density at radius 3 is 2.29 bits per heavy atom. The van der Waals surface area contributed by atoms with Crippen LogP contribution in [-0.2, 0) is 6.54 Å². The zero-order valence-corrected chi connectivity index (χ0v) is 21.1. The van der Waals surface area contributed by atoms with Gasteiger partial charge in [-0.15, -0.1) is 0 Å². The lowest BCUT2D eigenvalue weighted by Gasteiger charge is -2.16. The number of ether oxygens (including phenoxy) is 1. The Labute approximate surface area is 217 Å². The molecule has 1 atom stereocenters. The number of nitrogen functional groups attached to an aromatic ring is 1. The van der Waals surface area contributed by atoms with Crippen LogP contribution in [0.3, 0.4) is 0 Å². The van der Waals surface area contributed by atoms with Crippen LogP contribution in [0.4, 0.5) is 19.0 Å². The number of amides is 1. The lowest BCUT2D eigenvalue weighted by molar-refractivity contribution is 0.0626. The molecule has 4 rings (SSSR count). The Kier molecular flexibility index (Phi) is 7.90. The fourth-order valence-corrected chi connectivity index (χ4v) is 3.89. The lowest BCUT2D eigenvalue weighted by atomic mass is 10.0. The number of nitrogens with zero attached hydrogens (tertiary/aromatic N) is 3. The average molecular weight is 522 g/mol. The predicted octanol–water partition coefficient (Wildman–Crippen LogP) is 5.70. The van der Waals surface area contributed by atoms with Crippen molar-refractivity contribution in [2.75, 3.05) is 5.73 Å². The molecular formula is C28H26F3N5O2. The second-order valence-electron chi connectivity index (χ2n) is 8.64. The van der Waals surface area contributed by atoms with E-state index in [1.807, 2.05) is 13.8 Å². The molecule has 1 amide bonds. The van der Waals surface area contributed by atoms with Crippen LogP contribution in [0.25, 0.3) is 22.5 Å². The number of pyridine rings is 1. The van der Waals surface area contributed by atoms with Crippen molar-refractivity contribution in [1.82, 2.24) is 20.3 Å². The summed E-state index contributed by atoms with van der Waals surface area (Å²) in [7, 11) is 0. The Morgan fingerprint density at radius 2 is 1.63 bits per heavy atom. The summed E-state index contributed by atoms with van der Waals surface area (Å²) in [5.41, 5.74) is 9.24. The number of rotatable bonds is 8. The maximum atomic E-state index is 14.5. The highest BCUT2D eigenvalue weighted by Crippen LogP contribution is 2.32. The first kappa shape index (κ1) is 26.6. The second-order valence-corrected chi connectivity index (χ2v) is 8.64. The van der Waals surface area contributed by atoms with E-state index < -0.39 is 23.9 Å². The zero-order chi connectivity index (χ0) is 27.4. The molecule has 7 nitrogen and oxygen atoms in total. The molecule has 0 radical (unpaired) electrons. The molecule has 2 heterocycles. The van der Waals surface area contributed by atoms with Crippen molar-refractivity contribution in [3.8, 4) is 28.3 Å². The topological polar surface area (TPSA) is 103 Å². The fourth-order valence-electron chi connectivity index (χ4n) is 3.89. The minimum Gasteiger partial charge on any atom is -0.460 e. The highest BCUT2D eigenvalue weighted by molar-refractivity contribution is 5.98. The van der Waals surface area contributed by atoms with Crippen LogP contribution in [-0.4, -0.2) is 27.2 Å². The van der Waals surface area contributed by atoms with Gasteiger partial charge in [0.15, 0.2) is 11.5 Å². The van der Waals surface area contributed by atoms with Gasteiger partial charge in [-0.2, -0.15) is 0 Å². The highest BCUT2D eigenvalue weighted by Gasteiger charge is 2.22. The first-order valence-electron chi connectivity index (χ1n) is 11.9. The molecule has 0 saturated carbocycles. The maximum absolute atomic E-state index is 14.5. The number of anilines is 1. The molecule has 38 heavy (non-hydrogen) atoms. The molecule has 0 bridgehead atoms. The Bertz CT molecular complexity index is 1460. The smallest absolute Gasteiger partial charge is 0.274 e. The summed E-state index contributed by atoms with van der Waals surface area (Å²) < 4.78 is 47.1. The van der Waals surface area contributed by atoms with Crippen LogP contribution < -0.4 is 15.8 Å². The van der Waals surface area contributed by atoms with Crippen LogP contribution in [0.2, 0.25) is 0 Å². The minimum absolute atomic E-state index is 0.0196. The minimum atomic E-state index is -1.62. The lowest BCUT2D eigenvalue weighted by Crippen LogP contribution is -2.27. The van der Waals surface area contributed by atoms with Crippen molar-refractivity contribution in [3.63, 3.8) is 0 Å². The summed E-state index contributed by atoms with van der Waals surface area (Å²) in [6.07, 6.45) is -1.55. The normalized spacial score (nSPS) is 11.7. The van der Waals surface area contributed by atoms with Gasteiger partial charge < -0.3 is 15.8 Å². The van der Waals surface area contributed by atoms with Crippen molar-refractivity contribution in [1.29, 1.82) is 0 Å². The molecule has 0 saturated heterocycles. The number of nitrogens with one attached hydrogen (secondary N) is 1. The van der Waals surface area contributed by atoms with E-state index in [9.17, 15) is 18.0 Å². The molecule has 0 aliphatic carbocycles. The summed E-state index contributed by atoms with van der Waals surface area (Å²) in [5, 5.41) is 2.57. The maximum Gasteiger partial charge on any atom is 0.274 e. The molecule has 3 N–H and O–H groups in total. The summed E-state index contributed by atoms with van der Waals surface area (Å²) in [6.45, 7) is 4.93. The van der Waals surface area contributed by atoms with E-state index in [4.69, 9.17) is 10.5 Å². The molecule has 2 aromatic heterocycles. The average Bonchev–Trinajstić information content (AvgIpc) is 2.87. The summed E-state index contributed by atoms with van der Waals surface area (Å²) in [5.74, 6) is -2.00. The van der Waals surface area contributed by atoms with Crippen LogP contribution in [0, 0.1) is 25.5 Å². The molecule has 4 aromatic rings. The predicted molar refractivity (Wildman–Crippen MR) is 138 cm³/mol. The van der Waals surface area contributed by atoms with Crippen LogP contribution >= 0.6 is 0 Å². The van der Waals surface area contributed by atoms with Gasteiger partial charge in [-0.05, 0) is 62.4 Å². The molecule has 10 heteroatoms. The second kappa shape index (κ2) is 11.3. The molecule has 2 aromatic carbocycles. The number of carbonyl (C=O) groups is 1. The number of halogens is 3. The third-order valence-electron chi connectivity index (χ3n) is 5.69. The molecule has 1 unspecified atom stereocenters. The number of benzene rings is 2. The van der Waals surface area contributed by atoms with E-state index in [1.54, 1.807) is 19.1 Å². The van der Waals surface area contributed by atoms with Crippen molar-refractivity contribution in [2.45, 2.75) is 40.1 Å². The highest BCUT2D eigenvalue weighted by atomic mass is 19.1. The van der Waals surface area contributed by atoms with Gasteiger partial charge in [0.2, 0.25) is 6.36 Å². The number of aryl methyl sites for hydroxylation is 2. The number of carbonyl (C=O) groups excluding carboxylic acids is 1. The van der Waals surface area contributed by atoms with Crippen LogP contribution in [0.1, 0.15) is 40.8 Å². The molecule has 0 fully saturated rings. The molecule has 0 aliphatic rings. The van der Waals surface area contributed by atoms with Gasteiger partial charge in [0.1, 0.15) is 17.4 Å². The van der Waals surface area contributed by atoms with Gasteiger partial charge in [-0.3, -0.25) is 9.78 Å². The fraction of sp³-hybridized carbons (Fsp3) is 0.214. The van der Waals surface area contributed by atoms with Gasteiger partial charge >= 0.3 is 0 Å². The zero-order valence-electron chi connectivity index (χ0n) is 21.1. The molecule has 196 valence electrons. The van der Waals surface area contributed by atoms with Gasteiger partial charge in [-0.25, -0.2) is 23.1 Å². The molecule has 0 aliphatic heterocycles. The Hall–Kier alpha value is -4.47. The number of hydrogen-bond donors (Lipinski definition) is 2. The summed E-state index contributed by atoms with van der Waals surface area (Å²) in [4.78, 5) is 26.5. The molecule has 0 spiro atoms. The Balaban J connectivity index is 1.72. The number of alkyl halides is 1. The van der Waals surface area contributed by atoms with Crippen molar-refractivity contribution >= 4 is 11.7 Å². The van der Waals surface area contributed by atoms with Gasteiger partial charge in [0.25, 0.3) is 5.91 Å². The van der Waals surface area contributed by atoms with E-state index in [0.29, 0.717) is 22.5 Å². The monoisotopic (exact) mass is 521 g/mol. The van der Waals surface area contributed by atoms with Crippen LogP contribution in [0.5, 0.6) is 5.75 Å². The first-order chi connectivity index (χ1) is 18.2. The third-order valence-corrected chi connectivity index (χ3v) is 5.69. The van der Waals surface area contributed by atoms with E-state index in [0.717, 1.165) is 11.4 Å². The van der Waals surface area contributed by atoms with E-state index in [-0.39, 0.29) is 35.8 Å². The summed E-state index contributed by atoms with van der Waals surface area (Å²) in [6, 6.07) is 13.2. The largest absolute Gasteiger partial charge is 0.460 e. The number of aromatic nitrogens is 3. The van der Waals surface area contributed by atoms with Crippen molar-refractivity contribution in [2.24, 2.45) is 0 Å². The van der Waals surface area contributed by atoms with Crippen molar-refractivity contribution < 1.29 is 22.7 Å². The van der Waals surface area contributed by atoms with E-state index in [2.05, 4.69) is 20.3 Å². The number of nitrogens with two attached hydrogens (primary N) is 1. The molecular weight excluding hydrogens is 495 g/mol. The van der Waals surface area contributed by atoms with E-state index >= 15 is 0 Å². The van der Waals surface area contributed by atoms with Gasteiger partial charge in [0, 0.05) is 41.0 Å². The van der Waals surface area contributed by atoms with Gasteiger partial charge in [-0.1, -0.05) is 13.0 Å². The van der Waals surface area contributed by atoms with Gasteiger partial charge in [0.05, 0.1) is 11.4 Å². The summed E-state index contributed by atoms with van der Waals surface area (Å²) >= 11 is 0. The Morgan fingerprint density at radius 1 is 0.974 bits per heavy atom. The van der Waals surface area contributed by atoms with E-state index in [1.165, 1.54) is 42.5 Å². The number of hydrogen-bond acceptors (Lipinski definition) is 6. The van der Waals surface area contributed by atoms with Crippen molar-refractivity contribution in [3.05, 3.63) is 88.9 Å². The first-order valence-corrected chi connectivity index (χ1v) is 11.9. The SMILES string of the molecule is CCC(F)Oc1cccc(F)c1CNC(=O)c1nc(-c2cc(C)nc(C)c2)c(-c2ccc(F)cc2)nc1N.